The standard InChI is InChI=1S/C13H18Cl2O2/c1-8(2)13(17-3)12(16)7-9-4-5-10(14)11(15)6-9/h4-6,8,12-13,16H,7H2,1-3H3. The predicted molar refractivity (Wildman–Crippen MR) is 71.8 cm³/mol. The molecule has 2 nitrogen and oxygen atoms in total. The van der Waals surface area contributed by atoms with E-state index >= 15 is 0 Å². The molecule has 0 heterocycles. The maximum Gasteiger partial charge on any atom is 0.0856 e. The third-order valence-electron chi connectivity index (χ3n) is 2.74. The summed E-state index contributed by atoms with van der Waals surface area (Å²) in [4.78, 5) is 0. The van der Waals surface area contributed by atoms with Crippen LogP contribution in [0.2, 0.25) is 10.0 Å². The van der Waals surface area contributed by atoms with Crippen molar-refractivity contribution in [3.8, 4) is 0 Å². The van der Waals surface area contributed by atoms with Crippen LogP contribution in [0.5, 0.6) is 0 Å². The Labute approximate surface area is 113 Å². The highest BCUT2D eigenvalue weighted by atomic mass is 35.5. The number of ether oxygens (including phenoxy) is 1. The molecule has 2 atom stereocenters. The summed E-state index contributed by atoms with van der Waals surface area (Å²) in [5, 5.41) is 11.1. The Bertz CT molecular complexity index is 366. The molecular weight excluding hydrogens is 259 g/mol. The molecule has 1 rings (SSSR count). The summed E-state index contributed by atoms with van der Waals surface area (Å²) in [6, 6.07) is 5.38. The molecule has 0 amide bonds. The molecule has 4 heteroatoms. The Morgan fingerprint density at radius 3 is 2.35 bits per heavy atom. The second-order valence-electron chi connectivity index (χ2n) is 4.46. The quantitative estimate of drug-likeness (QED) is 0.891. The lowest BCUT2D eigenvalue weighted by Crippen LogP contribution is -2.34. The van der Waals surface area contributed by atoms with Crippen molar-refractivity contribution in [1.82, 2.24) is 0 Å². The summed E-state index contributed by atoms with van der Waals surface area (Å²) in [7, 11) is 1.61. The second-order valence-corrected chi connectivity index (χ2v) is 5.28. The molecule has 0 aliphatic heterocycles. The van der Waals surface area contributed by atoms with E-state index in [0.29, 0.717) is 16.5 Å². The molecule has 0 bridgehead atoms. The number of methoxy groups -OCH3 is 1. The van der Waals surface area contributed by atoms with Gasteiger partial charge >= 0.3 is 0 Å². The number of hydrogen-bond acceptors (Lipinski definition) is 2. The highest BCUT2D eigenvalue weighted by Gasteiger charge is 2.22. The van der Waals surface area contributed by atoms with Crippen molar-refractivity contribution in [3.05, 3.63) is 33.8 Å². The Hall–Kier alpha value is -0.280. The Kier molecular flexibility index (Phi) is 5.74. The van der Waals surface area contributed by atoms with Crippen molar-refractivity contribution in [1.29, 1.82) is 0 Å². The van der Waals surface area contributed by atoms with Crippen LogP contribution in [0.25, 0.3) is 0 Å². The molecule has 1 aromatic carbocycles. The topological polar surface area (TPSA) is 29.5 Å². The fraction of sp³-hybridized carbons (Fsp3) is 0.538. The van der Waals surface area contributed by atoms with Gasteiger partial charge in [-0.05, 0) is 23.6 Å². The molecule has 0 aliphatic rings. The third-order valence-corrected chi connectivity index (χ3v) is 3.48. The normalized spacial score (nSPS) is 15.0. The van der Waals surface area contributed by atoms with Crippen LogP contribution in [0.4, 0.5) is 0 Å². The first-order valence-corrected chi connectivity index (χ1v) is 6.36. The average Bonchev–Trinajstić information content (AvgIpc) is 2.24. The Morgan fingerprint density at radius 1 is 1.24 bits per heavy atom. The van der Waals surface area contributed by atoms with Gasteiger partial charge in [-0.1, -0.05) is 43.1 Å². The van der Waals surface area contributed by atoms with Crippen LogP contribution >= 0.6 is 23.2 Å². The van der Waals surface area contributed by atoms with Crippen molar-refractivity contribution in [3.63, 3.8) is 0 Å². The molecule has 0 radical (unpaired) electrons. The molecule has 0 aliphatic carbocycles. The predicted octanol–water partition coefficient (Wildman–Crippen LogP) is 3.57. The van der Waals surface area contributed by atoms with E-state index in [9.17, 15) is 5.11 Å². The molecule has 0 saturated heterocycles. The molecule has 1 aromatic rings. The smallest absolute Gasteiger partial charge is 0.0856 e. The first-order chi connectivity index (χ1) is 7.95. The van der Waals surface area contributed by atoms with Crippen LogP contribution < -0.4 is 0 Å². The fourth-order valence-electron chi connectivity index (χ4n) is 1.90. The molecule has 96 valence electrons. The molecule has 17 heavy (non-hydrogen) atoms. The summed E-state index contributed by atoms with van der Waals surface area (Å²) in [6.07, 6.45) is -0.213. The van der Waals surface area contributed by atoms with Crippen molar-refractivity contribution >= 4 is 23.2 Å². The zero-order chi connectivity index (χ0) is 13.0. The lowest BCUT2D eigenvalue weighted by Gasteiger charge is -2.25. The van der Waals surface area contributed by atoms with E-state index in [-0.39, 0.29) is 12.0 Å². The fourth-order valence-corrected chi connectivity index (χ4v) is 2.22. The molecule has 2 unspecified atom stereocenters. The SMILES string of the molecule is COC(C(C)C)C(O)Cc1ccc(Cl)c(Cl)c1. The van der Waals surface area contributed by atoms with Gasteiger partial charge in [-0.25, -0.2) is 0 Å². The monoisotopic (exact) mass is 276 g/mol. The van der Waals surface area contributed by atoms with Crippen LogP contribution in [-0.2, 0) is 11.2 Å². The lowest BCUT2D eigenvalue weighted by molar-refractivity contribution is -0.0367. The number of aliphatic hydroxyl groups is 1. The van der Waals surface area contributed by atoms with Crippen molar-refractivity contribution in [2.24, 2.45) is 5.92 Å². The first kappa shape index (κ1) is 14.8. The summed E-state index contributed by atoms with van der Waals surface area (Å²) in [5.41, 5.74) is 0.953. The van der Waals surface area contributed by atoms with Gasteiger partial charge in [0.15, 0.2) is 0 Å². The van der Waals surface area contributed by atoms with Crippen LogP contribution in [0.15, 0.2) is 18.2 Å². The summed E-state index contributed by atoms with van der Waals surface area (Å²) in [6.45, 7) is 4.04. The highest BCUT2D eigenvalue weighted by molar-refractivity contribution is 6.42. The van der Waals surface area contributed by atoms with Gasteiger partial charge in [0.05, 0.1) is 22.3 Å². The number of benzene rings is 1. The van der Waals surface area contributed by atoms with Gasteiger partial charge in [0.1, 0.15) is 0 Å². The van der Waals surface area contributed by atoms with Crippen LogP contribution in [0.3, 0.4) is 0 Å². The van der Waals surface area contributed by atoms with E-state index in [1.807, 2.05) is 19.9 Å². The first-order valence-electron chi connectivity index (χ1n) is 5.60. The second kappa shape index (κ2) is 6.60. The van der Waals surface area contributed by atoms with E-state index in [4.69, 9.17) is 27.9 Å². The largest absolute Gasteiger partial charge is 0.390 e. The van der Waals surface area contributed by atoms with Gasteiger partial charge in [-0.2, -0.15) is 0 Å². The minimum atomic E-state index is -0.544. The average molecular weight is 277 g/mol. The van der Waals surface area contributed by atoms with Gasteiger partial charge < -0.3 is 9.84 Å². The number of hydrogen-bond donors (Lipinski definition) is 1. The Morgan fingerprint density at radius 2 is 1.88 bits per heavy atom. The molecule has 0 spiro atoms. The van der Waals surface area contributed by atoms with Gasteiger partial charge in [-0.3, -0.25) is 0 Å². The maximum atomic E-state index is 10.1. The minimum absolute atomic E-state index is 0.176. The maximum absolute atomic E-state index is 10.1. The number of rotatable bonds is 5. The number of aliphatic hydroxyl groups excluding tert-OH is 1. The summed E-state index contributed by atoms with van der Waals surface area (Å²) in [5.74, 6) is 0.262. The molecule has 0 saturated carbocycles. The van der Waals surface area contributed by atoms with Gasteiger partial charge in [0, 0.05) is 13.5 Å². The van der Waals surface area contributed by atoms with Crippen LogP contribution in [-0.4, -0.2) is 24.4 Å². The molecule has 1 N–H and O–H groups in total. The van der Waals surface area contributed by atoms with E-state index < -0.39 is 6.10 Å². The summed E-state index contributed by atoms with van der Waals surface area (Å²) >= 11 is 11.8. The lowest BCUT2D eigenvalue weighted by atomic mass is 9.96. The van der Waals surface area contributed by atoms with E-state index in [2.05, 4.69) is 0 Å². The summed E-state index contributed by atoms with van der Waals surface area (Å²) < 4.78 is 5.29. The molecule has 0 fully saturated rings. The van der Waals surface area contributed by atoms with Crippen molar-refractivity contribution in [2.45, 2.75) is 32.5 Å². The third kappa shape index (κ3) is 4.14. The molecular formula is C13H18Cl2O2. The van der Waals surface area contributed by atoms with Crippen LogP contribution in [0.1, 0.15) is 19.4 Å². The zero-order valence-corrected chi connectivity index (χ0v) is 11.8. The van der Waals surface area contributed by atoms with E-state index in [1.165, 1.54) is 0 Å². The van der Waals surface area contributed by atoms with Crippen molar-refractivity contribution < 1.29 is 9.84 Å². The van der Waals surface area contributed by atoms with Gasteiger partial charge in [-0.15, -0.1) is 0 Å². The zero-order valence-electron chi connectivity index (χ0n) is 10.3. The number of halogens is 2. The van der Waals surface area contributed by atoms with Gasteiger partial charge in [0.25, 0.3) is 0 Å². The Balaban J connectivity index is 2.73. The highest BCUT2D eigenvalue weighted by Crippen LogP contribution is 2.24. The van der Waals surface area contributed by atoms with Crippen LogP contribution in [0, 0.1) is 5.92 Å². The minimum Gasteiger partial charge on any atom is -0.390 e. The van der Waals surface area contributed by atoms with E-state index in [1.54, 1.807) is 19.2 Å². The molecule has 0 aromatic heterocycles. The van der Waals surface area contributed by atoms with Crippen molar-refractivity contribution in [2.75, 3.05) is 7.11 Å². The van der Waals surface area contributed by atoms with E-state index in [0.717, 1.165) is 5.56 Å². The van der Waals surface area contributed by atoms with Gasteiger partial charge in [0.2, 0.25) is 0 Å².